The molecule has 0 aromatic heterocycles. The molecule has 0 bridgehead atoms. The van der Waals surface area contributed by atoms with Crippen LogP contribution in [0.15, 0.2) is 27.2 Å². The second kappa shape index (κ2) is 2.58. The maximum Gasteiger partial charge on any atom is 0.195 e. The number of halogens is 2. The predicted octanol–water partition coefficient (Wildman–Crippen LogP) is 2.92. The molecule has 40 valence electrons. The Morgan fingerprint density at radius 1 is 1.38 bits per heavy atom. The third-order valence-corrected chi connectivity index (χ3v) is 2.61. The first-order valence-corrected chi connectivity index (χ1v) is 3.71. The highest BCUT2D eigenvalue weighted by Gasteiger charge is 2.07. The molecule has 0 aliphatic heterocycles. The lowest BCUT2D eigenvalue weighted by Crippen LogP contribution is -1.73. The predicted molar refractivity (Wildman–Crippen MR) is 41.8 cm³/mol. The molecule has 0 unspecified atom stereocenters. The van der Waals surface area contributed by atoms with E-state index in [9.17, 15) is 0 Å². The van der Waals surface area contributed by atoms with E-state index in [2.05, 4.69) is 37.9 Å². The van der Waals surface area contributed by atoms with Gasteiger partial charge in [0.25, 0.3) is 0 Å². The van der Waals surface area contributed by atoms with Crippen LogP contribution in [0.1, 0.15) is 0 Å². The quantitative estimate of drug-likeness (QED) is 0.566. The average molecular weight is 235 g/mol. The van der Waals surface area contributed by atoms with Crippen molar-refractivity contribution in [2.45, 2.75) is 0 Å². The molecule has 0 radical (unpaired) electrons. The minimum Gasteiger partial charge on any atom is -0.00642 e. The highest BCUT2D eigenvalue weighted by molar-refractivity contribution is 9.15. The van der Waals surface area contributed by atoms with Crippen LogP contribution in [0, 0.1) is 6.08 Å². The Balaban J connectivity index is 2.93. The van der Waals surface area contributed by atoms with Crippen LogP contribution in [0.2, 0.25) is 0 Å². The zero-order valence-corrected chi connectivity index (χ0v) is 7.16. The average Bonchev–Trinajstić information content (AvgIpc) is 1.77. The van der Waals surface area contributed by atoms with Crippen LogP contribution in [0.4, 0.5) is 0 Å². The van der Waals surface area contributed by atoms with Crippen molar-refractivity contribution in [3.63, 3.8) is 0 Å². The van der Waals surface area contributed by atoms with Gasteiger partial charge in [0.1, 0.15) is 10.6 Å². The van der Waals surface area contributed by atoms with Crippen molar-refractivity contribution < 1.29 is 0 Å². The van der Waals surface area contributed by atoms with Crippen LogP contribution in [-0.2, 0) is 0 Å². The molecular weight excluding hydrogens is 232 g/mol. The lowest BCUT2D eigenvalue weighted by atomic mass is 10.3. The van der Waals surface area contributed by atoms with Gasteiger partial charge in [-0.1, -0.05) is 0 Å². The van der Waals surface area contributed by atoms with Gasteiger partial charge in [-0.15, -0.1) is 0 Å². The van der Waals surface area contributed by atoms with Crippen molar-refractivity contribution >= 4 is 31.9 Å². The summed E-state index contributed by atoms with van der Waals surface area (Å²) < 4.78 is 2.01. The van der Waals surface area contributed by atoms with Crippen LogP contribution in [0.5, 0.6) is 0 Å². The zero-order chi connectivity index (χ0) is 5.98. The number of rotatable bonds is 0. The molecule has 0 atom stereocenters. The van der Waals surface area contributed by atoms with Gasteiger partial charge in [-0.3, -0.25) is 0 Å². The molecule has 0 aromatic carbocycles. The topological polar surface area (TPSA) is 0 Å². The molecule has 0 saturated carbocycles. The molecule has 0 N–H and O–H groups in total. The Bertz CT molecular complexity index is 155. The molecule has 0 spiro atoms. The fourth-order valence-corrected chi connectivity index (χ4v) is 0.927. The maximum atomic E-state index is 3.32. The summed E-state index contributed by atoms with van der Waals surface area (Å²) in [6, 6.07) is 0. The number of allylic oxidation sites excluding steroid dienone is 6. The van der Waals surface area contributed by atoms with Gasteiger partial charge in [-0.2, -0.15) is 0 Å². The first-order valence-electron chi connectivity index (χ1n) is 2.12. The minimum atomic E-state index is 0.972. The summed E-state index contributed by atoms with van der Waals surface area (Å²) in [5.41, 5.74) is 0. The summed E-state index contributed by atoms with van der Waals surface area (Å²) in [5, 5.41) is 0. The lowest BCUT2D eigenvalue weighted by molar-refractivity contribution is 1.71. The summed E-state index contributed by atoms with van der Waals surface area (Å²) >= 11 is 6.61. The Hall–Kier alpha value is 0.0900. The van der Waals surface area contributed by atoms with Crippen molar-refractivity contribution in [3.05, 3.63) is 33.3 Å². The molecule has 0 saturated heterocycles. The van der Waals surface area contributed by atoms with Gasteiger partial charge in [-0.05, 0) is 15.9 Å². The molecule has 2 heteroatoms. The number of hydrogen-bond acceptors (Lipinski definition) is 0. The maximum absolute atomic E-state index is 3.32. The van der Waals surface area contributed by atoms with Crippen LogP contribution in [0.3, 0.4) is 0 Å². The van der Waals surface area contributed by atoms with Crippen molar-refractivity contribution in [2.24, 2.45) is 0 Å². The second-order valence-corrected chi connectivity index (χ2v) is 2.98. The van der Waals surface area contributed by atoms with Gasteiger partial charge < -0.3 is 0 Å². The summed E-state index contributed by atoms with van der Waals surface area (Å²) in [5.74, 6) is 0. The third-order valence-electron chi connectivity index (χ3n) is 0.759. The summed E-state index contributed by atoms with van der Waals surface area (Å²) in [6.07, 6.45) is 8.71. The van der Waals surface area contributed by atoms with E-state index in [1.807, 2.05) is 18.2 Å². The van der Waals surface area contributed by atoms with Crippen LogP contribution >= 0.6 is 31.9 Å². The lowest BCUT2D eigenvalue weighted by Gasteiger charge is -1.84. The highest BCUT2D eigenvalue weighted by atomic mass is 79.9. The molecule has 1 aliphatic carbocycles. The van der Waals surface area contributed by atoms with Gasteiger partial charge in [0, 0.05) is 22.0 Å². The Morgan fingerprint density at radius 3 is 2.50 bits per heavy atom. The fraction of sp³-hybridized carbons (Fsp3) is 0. The van der Waals surface area contributed by atoms with E-state index in [1.165, 1.54) is 0 Å². The van der Waals surface area contributed by atoms with E-state index in [1.54, 1.807) is 0 Å². The van der Waals surface area contributed by atoms with Gasteiger partial charge in [0.2, 0.25) is 0 Å². The highest BCUT2D eigenvalue weighted by Crippen LogP contribution is 2.24. The van der Waals surface area contributed by atoms with Gasteiger partial charge in [0.15, 0.2) is 4.48 Å². The standard InChI is InChI=1S/C6H3Br2/c7-5-3-1-2-4-6(5)8/h1-3H/q+1. The van der Waals surface area contributed by atoms with Crippen molar-refractivity contribution in [2.75, 3.05) is 0 Å². The SMILES string of the molecule is BrC1=[C+]C=CC=C1Br. The summed E-state index contributed by atoms with van der Waals surface area (Å²) in [4.78, 5) is 0. The van der Waals surface area contributed by atoms with Crippen molar-refractivity contribution in [1.82, 2.24) is 0 Å². The molecule has 8 heavy (non-hydrogen) atoms. The third kappa shape index (κ3) is 1.28. The summed E-state index contributed by atoms with van der Waals surface area (Å²) in [7, 11) is 0. The molecule has 1 rings (SSSR count). The van der Waals surface area contributed by atoms with Gasteiger partial charge in [0.05, 0.1) is 12.2 Å². The van der Waals surface area contributed by atoms with Crippen LogP contribution in [-0.4, -0.2) is 0 Å². The number of hydrogen-bond donors (Lipinski definition) is 0. The van der Waals surface area contributed by atoms with E-state index < -0.39 is 0 Å². The fourth-order valence-electron chi connectivity index (χ4n) is 0.396. The first kappa shape index (κ1) is 6.21. The summed E-state index contributed by atoms with van der Waals surface area (Å²) in [6.45, 7) is 0. The minimum absolute atomic E-state index is 0.972. The molecule has 1 aliphatic rings. The first-order chi connectivity index (χ1) is 3.80. The molecule has 0 fully saturated rings. The van der Waals surface area contributed by atoms with Crippen molar-refractivity contribution in [3.8, 4) is 0 Å². The molecule has 0 amide bonds. The van der Waals surface area contributed by atoms with Crippen LogP contribution in [0.25, 0.3) is 0 Å². The van der Waals surface area contributed by atoms with E-state index in [0.717, 1.165) is 8.96 Å². The molecule has 0 heterocycles. The smallest absolute Gasteiger partial charge is 0.00642 e. The van der Waals surface area contributed by atoms with E-state index in [4.69, 9.17) is 0 Å². The van der Waals surface area contributed by atoms with Gasteiger partial charge in [-0.25, -0.2) is 0 Å². The Morgan fingerprint density at radius 2 is 2.12 bits per heavy atom. The van der Waals surface area contributed by atoms with Crippen LogP contribution < -0.4 is 0 Å². The molecule has 0 aromatic rings. The van der Waals surface area contributed by atoms with Gasteiger partial charge >= 0.3 is 0 Å². The van der Waals surface area contributed by atoms with E-state index >= 15 is 0 Å². The molecule has 0 nitrogen and oxygen atoms in total. The van der Waals surface area contributed by atoms with E-state index in [0.29, 0.717) is 0 Å². The molecular formula is C6H3Br2+. The zero-order valence-electron chi connectivity index (χ0n) is 3.99. The second-order valence-electron chi connectivity index (χ2n) is 1.33. The largest absolute Gasteiger partial charge is 0.195 e. The Kier molecular flexibility index (Phi) is 2.01. The monoisotopic (exact) mass is 233 g/mol. The normalized spacial score (nSPS) is 16.8. The van der Waals surface area contributed by atoms with E-state index in [-0.39, 0.29) is 0 Å². The van der Waals surface area contributed by atoms with Crippen molar-refractivity contribution in [1.29, 1.82) is 0 Å². The Labute approximate surface area is 65.2 Å².